The van der Waals surface area contributed by atoms with Crippen molar-refractivity contribution in [3.8, 4) is 23.8 Å². The molecule has 9 heteroatoms. The Balaban J connectivity index is 1.74. The molecule has 0 amide bonds. The van der Waals surface area contributed by atoms with Crippen LogP contribution in [-0.4, -0.2) is 30.9 Å². The summed E-state index contributed by atoms with van der Waals surface area (Å²) in [5.41, 5.74) is 2.82. The smallest absolute Gasteiger partial charge is 0.338 e. The number of aromatic nitrogens is 1. The number of ether oxygens (including phenoxy) is 3. The third-order valence-electron chi connectivity index (χ3n) is 6.37. The summed E-state index contributed by atoms with van der Waals surface area (Å²) in [7, 11) is 1.59. The number of esters is 1. The summed E-state index contributed by atoms with van der Waals surface area (Å²) in [5, 5.41) is 0. The summed E-state index contributed by atoms with van der Waals surface area (Å²) in [5.74, 6) is 3.27. The van der Waals surface area contributed by atoms with Crippen molar-refractivity contribution in [2.45, 2.75) is 13.0 Å². The van der Waals surface area contributed by atoms with Gasteiger partial charge in [0.25, 0.3) is 5.56 Å². The van der Waals surface area contributed by atoms with Crippen LogP contribution in [0.3, 0.4) is 0 Å². The van der Waals surface area contributed by atoms with Crippen molar-refractivity contribution in [3.05, 3.63) is 118 Å². The van der Waals surface area contributed by atoms with Crippen molar-refractivity contribution in [1.82, 2.24) is 4.57 Å². The molecule has 1 unspecified atom stereocenters. The van der Waals surface area contributed by atoms with Gasteiger partial charge in [-0.25, -0.2) is 9.79 Å². The van der Waals surface area contributed by atoms with Gasteiger partial charge < -0.3 is 14.2 Å². The third kappa shape index (κ3) is 5.85. The Morgan fingerprint density at radius 3 is 2.56 bits per heavy atom. The largest absolute Gasteiger partial charge is 0.497 e. The first-order valence-electron chi connectivity index (χ1n) is 12.7. The standard InChI is InChI=1S/C32H25IN2O5S/c1-4-17-40-25-16-11-20(18-24(25)33)19-26-30(36)35-29(22-12-14-23(38-3)15-13-22)27(31(37)39-5-2)28(34-32(35)41-26)21-9-7-6-8-10-21/h1,6-16,18-19,29H,5,17H2,2-3H3/b26-19-. The maximum atomic E-state index is 14.0. The first kappa shape index (κ1) is 28.4. The molecule has 1 aliphatic rings. The van der Waals surface area contributed by atoms with Crippen LogP contribution < -0.4 is 24.4 Å². The Morgan fingerprint density at radius 2 is 1.90 bits per heavy atom. The molecule has 0 radical (unpaired) electrons. The van der Waals surface area contributed by atoms with Gasteiger partial charge in [-0.3, -0.25) is 9.36 Å². The summed E-state index contributed by atoms with van der Waals surface area (Å²) < 4.78 is 19.4. The highest BCUT2D eigenvalue weighted by atomic mass is 127. The monoisotopic (exact) mass is 676 g/mol. The Morgan fingerprint density at radius 1 is 1.15 bits per heavy atom. The number of fused-ring (bicyclic) bond motifs is 1. The van der Waals surface area contributed by atoms with Gasteiger partial charge in [0.1, 0.15) is 18.1 Å². The Kier molecular flexibility index (Phi) is 8.71. The zero-order valence-corrected chi connectivity index (χ0v) is 25.3. The molecule has 0 N–H and O–H groups in total. The summed E-state index contributed by atoms with van der Waals surface area (Å²) >= 11 is 3.45. The predicted molar refractivity (Wildman–Crippen MR) is 168 cm³/mol. The third-order valence-corrected chi connectivity index (χ3v) is 8.20. The minimum absolute atomic E-state index is 0.172. The number of thiazole rings is 1. The van der Waals surface area contributed by atoms with E-state index in [4.69, 9.17) is 25.6 Å². The lowest BCUT2D eigenvalue weighted by Crippen LogP contribution is -2.40. The highest BCUT2D eigenvalue weighted by Crippen LogP contribution is 2.35. The molecular weight excluding hydrogens is 651 g/mol. The maximum Gasteiger partial charge on any atom is 0.338 e. The molecule has 0 fully saturated rings. The number of terminal acetylenes is 1. The molecular formula is C32H25IN2O5S. The second kappa shape index (κ2) is 12.6. The molecule has 4 aromatic rings. The molecule has 5 rings (SSSR count). The summed E-state index contributed by atoms with van der Waals surface area (Å²) in [6, 6.07) is 21.6. The van der Waals surface area contributed by atoms with Crippen molar-refractivity contribution in [3.63, 3.8) is 0 Å². The molecule has 0 bridgehead atoms. The van der Waals surface area contributed by atoms with Gasteiger partial charge in [-0.05, 0) is 71.0 Å². The second-order valence-electron chi connectivity index (χ2n) is 8.89. The van der Waals surface area contributed by atoms with E-state index < -0.39 is 12.0 Å². The minimum atomic E-state index is -0.756. The fraction of sp³-hybridized carbons (Fsp3) is 0.156. The maximum absolute atomic E-state index is 14.0. The molecule has 0 saturated heterocycles. The number of carbonyl (C=O) groups excluding carboxylic acids is 1. The number of hydrogen-bond acceptors (Lipinski definition) is 7. The van der Waals surface area contributed by atoms with Crippen LogP contribution in [0.5, 0.6) is 11.5 Å². The molecule has 206 valence electrons. The van der Waals surface area contributed by atoms with Gasteiger partial charge >= 0.3 is 5.97 Å². The lowest BCUT2D eigenvalue weighted by Gasteiger charge is -2.26. The number of carbonyl (C=O) groups is 1. The fourth-order valence-electron chi connectivity index (χ4n) is 4.54. The molecule has 1 atom stereocenters. The van der Waals surface area contributed by atoms with E-state index in [-0.39, 0.29) is 18.8 Å². The van der Waals surface area contributed by atoms with Crippen molar-refractivity contribution < 1.29 is 19.0 Å². The molecule has 7 nitrogen and oxygen atoms in total. The van der Waals surface area contributed by atoms with E-state index >= 15 is 0 Å². The fourth-order valence-corrected chi connectivity index (χ4v) is 6.23. The van der Waals surface area contributed by atoms with Gasteiger partial charge in [0, 0.05) is 5.56 Å². The van der Waals surface area contributed by atoms with Crippen molar-refractivity contribution in [1.29, 1.82) is 0 Å². The summed E-state index contributed by atoms with van der Waals surface area (Å²) in [6.45, 7) is 2.11. The van der Waals surface area contributed by atoms with Gasteiger partial charge in [-0.2, -0.15) is 0 Å². The number of methoxy groups -OCH3 is 1. The van der Waals surface area contributed by atoms with Gasteiger partial charge in [-0.1, -0.05) is 65.8 Å². The number of benzene rings is 3. The molecule has 2 heterocycles. The lowest BCUT2D eigenvalue weighted by molar-refractivity contribution is -0.138. The van der Waals surface area contributed by atoms with Crippen molar-refractivity contribution in [2.24, 2.45) is 4.99 Å². The van der Waals surface area contributed by atoms with E-state index in [1.165, 1.54) is 11.3 Å². The first-order chi connectivity index (χ1) is 19.9. The quantitative estimate of drug-likeness (QED) is 0.156. The molecule has 41 heavy (non-hydrogen) atoms. The van der Waals surface area contributed by atoms with Crippen LogP contribution >= 0.6 is 33.9 Å². The predicted octanol–water partition coefficient (Wildman–Crippen LogP) is 4.56. The van der Waals surface area contributed by atoms with E-state index in [0.29, 0.717) is 32.1 Å². The van der Waals surface area contributed by atoms with Crippen LogP contribution in [0.4, 0.5) is 0 Å². The summed E-state index contributed by atoms with van der Waals surface area (Å²) in [6.07, 6.45) is 7.13. The summed E-state index contributed by atoms with van der Waals surface area (Å²) in [4.78, 5) is 32.9. The van der Waals surface area contributed by atoms with Crippen LogP contribution in [0.15, 0.2) is 88.2 Å². The molecule has 1 aromatic heterocycles. The van der Waals surface area contributed by atoms with Gasteiger partial charge in [-0.15, -0.1) is 6.42 Å². The normalized spacial score (nSPS) is 14.6. The Labute approximate surface area is 254 Å². The minimum Gasteiger partial charge on any atom is -0.497 e. The van der Waals surface area contributed by atoms with Crippen LogP contribution in [0, 0.1) is 15.9 Å². The second-order valence-corrected chi connectivity index (χ2v) is 11.1. The topological polar surface area (TPSA) is 79.1 Å². The van der Waals surface area contributed by atoms with Crippen molar-refractivity contribution in [2.75, 3.05) is 20.3 Å². The van der Waals surface area contributed by atoms with E-state index in [1.807, 2.05) is 78.9 Å². The zero-order valence-electron chi connectivity index (χ0n) is 22.3. The Bertz CT molecular complexity index is 1850. The number of halogens is 1. The van der Waals surface area contributed by atoms with Crippen LogP contribution in [-0.2, 0) is 9.53 Å². The molecule has 0 aliphatic carbocycles. The van der Waals surface area contributed by atoms with Gasteiger partial charge in [0.2, 0.25) is 0 Å². The van der Waals surface area contributed by atoms with E-state index in [2.05, 4.69) is 28.5 Å². The van der Waals surface area contributed by atoms with E-state index in [1.54, 1.807) is 18.6 Å². The highest BCUT2D eigenvalue weighted by Gasteiger charge is 2.35. The molecule has 1 aliphatic heterocycles. The van der Waals surface area contributed by atoms with Crippen LogP contribution in [0.1, 0.15) is 29.7 Å². The number of rotatable bonds is 8. The molecule has 0 saturated carbocycles. The number of hydrogen-bond donors (Lipinski definition) is 0. The van der Waals surface area contributed by atoms with E-state index in [0.717, 1.165) is 20.3 Å². The van der Waals surface area contributed by atoms with Gasteiger partial charge in [0.15, 0.2) is 4.80 Å². The van der Waals surface area contributed by atoms with Crippen molar-refractivity contribution >= 4 is 51.7 Å². The van der Waals surface area contributed by atoms with E-state index in [9.17, 15) is 9.59 Å². The molecule has 3 aromatic carbocycles. The Hall–Kier alpha value is -4.14. The SMILES string of the molecule is C#CCOc1ccc(/C=c2\sc3n(c2=O)C(c2ccc(OC)cc2)C(C(=O)OCC)=C(c2ccccc2)N=3)cc1I. The zero-order chi connectivity index (χ0) is 28.9. The highest BCUT2D eigenvalue weighted by molar-refractivity contribution is 14.1. The number of nitrogens with zero attached hydrogens (tertiary/aromatic N) is 2. The molecule has 0 spiro atoms. The van der Waals surface area contributed by atoms with Crippen LogP contribution in [0.25, 0.3) is 11.8 Å². The lowest BCUT2D eigenvalue weighted by atomic mass is 9.93. The average Bonchev–Trinajstić information content (AvgIpc) is 3.30. The first-order valence-corrected chi connectivity index (χ1v) is 14.6. The van der Waals surface area contributed by atoms with Gasteiger partial charge in [0.05, 0.1) is 39.1 Å². The van der Waals surface area contributed by atoms with Crippen LogP contribution in [0.2, 0.25) is 0 Å². The average molecular weight is 677 g/mol.